The molecule has 0 bridgehead atoms. The van der Waals surface area contributed by atoms with E-state index in [-0.39, 0.29) is 18.6 Å². The number of aliphatic hydroxyl groups excluding tert-OH is 2. The molecule has 1 aromatic rings. The number of terminal acetylenes is 2. The second kappa shape index (κ2) is 16.9. The summed E-state index contributed by atoms with van der Waals surface area (Å²) in [5, 5.41) is 27.5. The zero-order chi connectivity index (χ0) is 30.6. The smallest absolute Gasteiger partial charge is 0.243 e. The van der Waals surface area contributed by atoms with Crippen molar-refractivity contribution in [3.05, 3.63) is 34.9 Å². The molecule has 1 unspecified atom stereocenters. The first-order chi connectivity index (χ1) is 19.3. The van der Waals surface area contributed by atoms with Crippen LogP contribution in [0.2, 0.25) is 5.02 Å². The van der Waals surface area contributed by atoms with Crippen LogP contribution >= 0.6 is 11.6 Å². The average molecular weight is 605 g/mol. The molecule has 226 valence electrons. The minimum atomic E-state index is -1.33. The number of nitrogens with one attached hydrogen (secondary N) is 2. The van der Waals surface area contributed by atoms with Crippen LogP contribution in [0.4, 0.5) is 0 Å². The predicted molar refractivity (Wildman–Crippen MR) is 165 cm³/mol. The monoisotopic (exact) mass is 604 g/mol. The summed E-state index contributed by atoms with van der Waals surface area (Å²) in [5.41, 5.74) is 0.844. The molecule has 0 heterocycles. The van der Waals surface area contributed by atoms with Crippen LogP contribution in [-0.2, 0) is 26.8 Å². The number of carbonyl (C=O) groups is 2. The molecule has 41 heavy (non-hydrogen) atoms. The van der Waals surface area contributed by atoms with Crippen molar-refractivity contribution in [2.24, 2.45) is 11.8 Å². The Balaban J connectivity index is 2.23. The molecule has 0 aromatic heterocycles. The third-order valence-corrected chi connectivity index (χ3v) is 9.85. The van der Waals surface area contributed by atoms with E-state index in [0.717, 1.165) is 37.7 Å². The number of halogens is 1. The molecule has 1 aliphatic carbocycles. The van der Waals surface area contributed by atoms with E-state index in [1.165, 1.54) is 0 Å². The predicted octanol–water partition coefficient (Wildman–Crippen LogP) is 3.75. The highest BCUT2D eigenvalue weighted by molar-refractivity contribution is 7.86. The summed E-state index contributed by atoms with van der Waals surface area (Å²) in [6, 6.07) is 5.25. The van der Waals surface area contributed by atoms with Crippen molar-refractivity contribution in [2.45, 2.75) is 108 Å². The summed E-state index contributed by atoms with van der Waals surface area (Å²) in [6.45, 7) is 5.55. The Bertz CT molecular complexity index is 1100. The van der Waals surface area contributed by atoms with E-state index in [9.17, 15) is 24.0 Å². The lowest BCUT2D eigenvalue weighted by molar-refractivity contribution is -0.132. The van der Waals surface area contributed by atoms with E-state index in [0.29, 0.717) is 23.8 Å². The number of aliphatic hydroxyl groups is 2. The molecule has 0 saturated heterocycles. The molecule has 1 saturated carbocycles. The largest absolute Gasteiger partial charge is 0.389 e. The van der Waals surface area contributed by atoms with Gasteiger partial charge in [0.15, 0.2) is 0 Å². The molecule has 0 radical (unpaired) electrons. The van der Waals surface area contributed by atoms with Gasteiger partial charge in [-0.1, -0.05) is 55.8 Å². The maximum Gasteiger partial charge on any atom is 0.243 e. The molecule has 7 nitrogen and oxygen atoms in total. The Labute approximate surface area is 253 Å². The van der Waals surface area contributed by atoms with Crippen molar-refractivity contribution < 1.29 is 24.0 Å². The van der Waals surface area contributed by atoms with E-state index in [1.54, 1.807) is 12.1 Å². The first kappa shape index (κ1) is 34.8. The lowest BCUT2D eigenvalue weighted by Crippen LogP contribution is -2.56. The lowest BCUT2D eigenvalue weighted by atomic mass is 9.82. The van der Waals surface area contributed by atoms with Crippen LogP contribution in [0.25, 0.3) is 0 Å². The van der Waals surface area contributed by atoms with Gasteiger partial charge in [-0.05, 0) is 57.2 Å². The summed E-state index contributed by atoms with van der Waals surface area (Å²) < 4.78 is 12.5. The molecular weight excluding hydrogens is 560 g/mol. The van der Waals surface area contributed by atoms with Crippen molar-refractivity contribution in [2.75, 3.05) is 5.75 Å². The van der Waals surface area contributed by atoms with Crippen molar-refractivity contribution >= 4 is 34.2 Å². The fourth-order valence-corrected chi connectivity index (χ4v) is 6.30. The quantitative estimate of drug-likeness (QED) is 0.241. The van der Waals surface area contributed by atoms with Gasteiger partial charge in [-0.15, -0.1) is 24.7 Å². The first-order valence-corrected chi connectivity index (χ1v) is 16.0. The van der Waals surface area contributed by atoms with Crippen molar-refractivity contribution in [3.63, 3.8) is 0 Å². The number of amides is 2. The van der Waals surface area contributed by atoms with Gasteiger partial charge in [-0.3, -0.25) is 13.8 Å². The number of hydrogen-bond acceptors (Lipinski definition) is 5. The maximum absolute atomic E-state index is 13.6. The molecule has 1 aliphatic rings. The molecule has 1 fully saturated rings. The van der Waals surface area contributed by atoms with Crippen LogP contribution in [0.5, 0.6) is 0 Å². The van der Waals surface area contributed by atoms with Crippen LogP contribution in [0.3, 0.4) is 0 Å². The van der Waals surface area contributed by atoms with E-state index in [4.69, 9.17) is 24.4 Å². The van der Waals surface area contributed by atoms with E-state index < -0.39 is 57.6 Å². The molecule has 0 aliphatic heterocycles. The van der Waals surface area contributed by atoms with Crippen LogP contribution in [0.15, 0.2) is 24.3 Å². The Hall–Kier alpha value is -2.36. The van der Waals surface area contributed by atoms with Gasteiger partial charge in [0.2, 0.25) is 11.8 Å². The maximum atomic E-state index is 13.6. The van der Waals surface area contributed by atoms with Crippen LogP contribution in [-0.4, -0.2) is 61.0 Å². The summed E-state index contributed by atoms with van der Waals surface area (Å²) in [5.74, 6) is 3.52. The standard InChI is InChI=1S/C32H45ClN2O5S/c1-6-11-26(31(39)35-27(29(37)28(36)12-7-2)20-22-13-9-8-10-14-22)34-30(38)24(21-41(40)32(3,4)5)19-23-15-17-25(33)18-16-23/h1-2,15-18,22,24,26-29,36-37H,8-14,19-21H2,3-5H3,(H,34,38)(H,35,39)/t24-,26+,27+,28+,29-,41?/m1/s1. The van der Waals surface area contributed by atoms with Crippen LogP contribution in [0, 0.1) is 36.5 Å². The topological polar surface area (TPSA) is 116 Å². The molecular formula is C32H45ClN2O5S. The molecule has 2 rings (SSSR count). The first-order valence-electron chi connectivity index (χ1n) is 14.3. The van der Waals surface area contributed by atoms with E-state index in [1.807, 2.05) is 32.9 Å². The molecule has 1 aromatic carbocycles. The Morgan fingerprint density at radius 1 is 1.02 bits per heavy atom. The number of benzene rings is 1. The van der Waals surface area contributed by atoms with Crippen molar-refractivity contribution in [1.82, 2.24) is 10.6 Å². The Kier molecular flexibility index (Phi) is 14.4. The van der Waals surface area contributed by atoms with Gasteiger partial charge in [0.1, 0.15) is 12.1 Å². The van der Waals surface area contributed by atoms with Gasteiger partial charge in [-0.25, -0.2) is 0 Å². The minimum absolute atomic E-state index is 0.0555. The summed E-state index contributed by atoms with van der Waals surface area (Å²) >= 11 is 6.02. The second-order valence-electron chi connectivity index (χ2n) is 11.9. The molecule has 6 atom stereocenters. The highest BCUT2D eigenvalue weighted by atomic mass is 35.5. The van der Waals surface area contributed by atoms with Crippen LogP contribution < -0.4 is 10.6 Å². The van der Waals surface area contributed by atoms with Crippen molar-refractivity contribution in [3.8, 4) is 24.7 Å². The van der Waals surface area contributed by atoms with Crippen LogP contribution in [0.1, 0.15) is 77.7 Å². The average Bonchev–Trinajstić information content (AvgIpc) is 2.92. The third kappa shape index (κ3) is 11.8. The van der Waals surface area contributed by atoms with E-state index in [2.05, 4.69) is 22.5 Å². The fraction of sp³-hybridized carbons (Fsp3) is 0.625. The summed E-state index contributed by atoms with van der Waals surface area (Å²) in [7, 11) is -1.33. The fourth-order valence-electron chi connectivity index (χ4n) is 5.04. The SMILES string of the molecule is C#CC[C@H](NC(=O)[C@H](Cc1ccc(Cl)cc1)CS(=O)C(C)(C)C)C(=O)N[C@@H](CC1CCCCC1)[C@@H](O)[C@@H](O)CC#C. The van der Waals surface area contributed by atoms with Gasteiger partial charge in [0.05, 0.1) is 18.1 Å². The number of rotatable bonds is 14. The zero-order valence-electron chi connectivity index (χ0n) is 24.4. The highest BCUT2D eigenvalue weighted by Gasteiger charge is 2.34. The van der Waals surface area contributed by atoms with Crippen molar-refractivity contribution in [1.29, 1.82) is 0 Å². The molecule has 0 spiro atoms. The molecule has 2 amide bonds. The third-order valence-electron chi connectivity index (χ3n) is 7.53. The minimum Gasteiger partial charge on any atom is -0.389 e. The van der Waals surface area contributed by atoms with Gasteiger partial charge in [0.25, 0.3) is 0 Å². The van der Waals surface area contributed by atoms with Gasteiger partial charge in [0, 0.05) is 39.2 Å². The second-order valence-corrected chi connectivity index (χ2v) is 14.6. The zero-order valence-corrected chi connectivity index (χ0v) is 26.0. The van der Waals surface area contributed by atoms with E-state index >= 15 is 0 Å². The van der Waals surface area contributed by atoms with Gasteiger partial charge >= 0.3 is 0 Å². The molecule has 9 heteroatoms. The highest BCUT2D eigenvalue weighted by Crippen LogP contribution is 2.29. The molecule has 4 N–H and O–H groups in total. The van der Waals surface area contributed by atoms with Gasteiger partial charge < -0.3 is 20.8 Å². The van der Waals surface area contributed by atoms with Gasteiger partial charge in [-0.2, -0.15) is 0 Å². The summed E-state index contributed by atoms with van der Waals surface area (Å²) in [4.78, 5) is 27.0. The Morgan fingerprint density at radius 3 is 2.20 bits per heavy atom. The summed E-state index contributed by atoms with van der Waals surface area (Å²) in [6.07, 6.45) is 14.4. The Morgan fingerprint density at radius 2 is 1.63 bits per heavy atom. The number of hydrogen-bond donors (Lipinski definition) is 4. The number of carbonyl (C=O) groups excluding carboxylic acids is 2. The lowest BCUT2D eigenvalue weighted by Gasteiger charge is -2.33. The normalized spacial score (nSPS) is 18.5.